The number of ether oxygens (including phenoxy) is 2. The third-order valence-corrected chi connectivity index (χ3v) is 4.40. The van der Waals surface area contributed by atoms with Gasteiger partial charge >= 0.3 is 0 Å². The summed E-state index contributed by atoms with van der Waals surface area (Å²) in [6, 6.07) is 0.0139. The van der Waals surface area contributed by atoms with Crippen molar-refractivity contribution >= 4 is 5.91 Å². The van der Waals surface area contributed by atoms with E-state index in [4.69, 9.17) is 9.47 Å². The van der Waals surface area contributed by atoms with Crippen molar-refractivity contribution < 1.29 is 14.3 Å². The van der Waals surface area contributed by atoms with E-state index in [1.807, 2.05) is 0 Å². The Morgan fingerprint density at radius 1 is 1.41 bits per heavy atom. The Balaban J connectivity index is 1.67. The van der Waals surface area contributed by atoms with Gasteiger partial charge in [-0.05, 0) is 32.6 Å². The molecule has 2 aliphatic rings. The largest absolute Gasteiger partial charge is 0.381 e. The van der Waals surface area contributed by atoms with Gasteiger partial charge in [0.2, 0.25) is 0 Å². The van der Waals surface area contributed by atoms with Crippen molar-refractivity contribution in [3.8, 4) is 0 Å². The van der Waals surface area contributed by atoms with E-state index < -0.39 is 5.56 Å². The van der Waals surface area contributed by atoms with E-state index in [9.17, 15) is 9.59 Å². The van der Waals surface area contributed by atoms with Gasteiger partial charge in [0.05, 0.1) is 5.60 Å². The van der Waals surface area contributed by atoms with E-state index in [-0.39, 0.29) is 23.1 Å². The molecule has 1 aromatic heterocycles. The van der Waals surface area contributed by atoms with Gasteiger partial charge in [0.25, 0.3) is 11.5 Å². The van der Waals surface area contributed by atoms with Crippen LogP contribution in [0.25, 0.3) is 0 Å². The Morgan fingerprint density at radius 3 is 2.91 bits per heavy atom. The summed E-state index contributed by atoms with van der Waals surface area (Å²) in [5.74, 6) is 0.122. The summed E-state index contributed by atoms with van der Waals surface area (Å²) in [6.45, 7) is 3.69. The van der Waals surface area contributed by atoms with Gasteiger partial charge in [-0.3, -0.25) is 9.59 Å². The van der Waals surface area contributed by atoms with Crippen LogP contribution in [-0.4, -0.2) is 47.3 Å². The van der Waals surface area contributed by atoms with Crippen LogP contribution in [0.4, 0.5) is 0 Å². The third kappa shape index (κ3) is 3.20. The van der Waals surface area contributed by atoms with Crippen LogP contribution < -0.4 is 10.9 Å². The van der Waals surface area contributed by atoms with Gasteiger partial charge in [0.15, 0.2) is 0 Å². The molecule has 2 saturated heterocycles. The Labute approximate surface area is 128 Å². The molecule has 1 atom stereocenters. The number of nitrogens with one attached hydrogen (secondary N) is 2. The molecule has 0 saturated carbocycles. The van der Waals surface area contributed by atoms with Gasteiger partial charge in [-0.15, -0.1) is 0 Å². The molecule has 2 N–H and O–H groups in total. The topological polar surface area (TPSA) is 93.3 Å². The molecular weight excluding hydrogens is 286 g/mol. The number of hydrogen-bond acceptors (Lipinski definition) is 5. The van der Waals surface area contributed by atoms with E-state index in [0.29, 0.717) is 25.6 Å². The first kappa shape index (κ1) is 15.2. The summed E-state index contributed by atoms with van der Waals surface area (Å²) in [7, 11) is 0. The lowest BCUT2D eigenvalue weighted by Crippen LogP contribution is -2.51. The van der Waals surface area contributed by atoms with Crippen LogP contribution in [0, 0.1) is 6.92 Å². The van der Waals surface area contributed by atoms with Crippen molar-refractivity contribution in [3.05, 3.63) is 27.9 Å². The van der Waals surface area contributed by atoms with Crippen molar-refractivity contribution in [2.45, 2.75) is 44.2 Å². The molecule has 2 fully saturated rings. The number of carbonyl (C=O) groups is 1. The zero-order chi connectivity index (χ0) is 15.6. The minimum Gasteiger partial charge on any atom is -0.381 e. The maximum absolute atomic E-state index is 12.3. The van der Waals surface area contributed by atoms with E-state index in [0.717, 1.165) is 25.7 Å². The molecule has 1 unspecified atom stereocenters. The molecule has 1 aromatic rings. The average Bonchev–Trinajstić information content (AvgIpc) is 2.48. The fourth-order valence-corrected chi connectivity index (χ4v) is 3.15. The summed E-state index contributed by atoms with van der Waals surface area (Å²) in [5, 5.41) is 2.95. The van der Waals surface area contributed by atoms with Crippen molar-refractivity contribution in [2.24, 2.45) is 0 Å². The Hall–Kier alpha value is -1.73. The van der Waals surface area contributed by atoms with Crippen molar-refractivity contribution in [2.75, 3.05) is 19.8 Å². The van der Waals surface area contributed by atoms with Gasteiger partial charge in [-0.2, -0.15) is 0 Å². The Bertz CT molecular complexity index is 602. The first-order valence-electron chi connectivity index (χ1n) is 7.66. The van der Waals surface area contributed by atoms with Gasteiger partial charge < -0.3 is 19.8 Å². The van der Waals surface area contributed by atoms with Crippen LogP contribution in [0.3, 0.4) is 0 Å². The minimum atomic E-state index is -0.405. The van der Waals surface area contributed by atoms with E-state index in [1.54, 1.807) is 6.92 Å². The SMILES string of the molecule is Cc1ncc(C(=O)NC2CCOC3(CCOCC3)C2)c(=O)[nH]1. The zero-order valence-corrected chi connectivity index (χ0v) is 12.7. The summed E-state index contributed by atoms with van der Waals surface area (Å²) >= 11 is 0. The summed E-state index contributed by atoms with van der Waals surface area (Å²) in [4.78, 5) is 30.6. The monoisotopic (exact) mass is 307 g/mol. The van der Waals surface area contributed by atoms with E-state index >= 15 is 0 Å². The smallest absolute Gasteiger partial charge is 0.263 e. The second-order valence-corrected chi connectivity index (χ2v) is 6.02. The Kier molecular flexibility index (Phi) is 4.26. The lowest BCUT2D eigenvalue weighted by Gasteiger charge is -2.43. The molecule has 1 amide bonds. The Morgan fingerprint density at radius 2 is 2.18 bits per heavy atom. The van der Waals surface area contributed by atoms with Crippen LogP contribution >= 0.6 is 0 Å². The quantitative estimate of drug-likeness (QED) is 0.831. The number of carbonyl (C=O) groups excluding carboxylic acids is 1. The molecule has 0 aromatic carbocycles. The molecule has 1 spiro atoms. The molecular formula is C15H21N3O4. The first-order chi connectivity index (χ1) is 10.6. The molecule has 22 heavy (non-hydrogen) atoms. The molecule has 7 nitrogen and oxygen atoms in total. The number of amides is 1. The molecule has 0 bridgehead atoms. The second kappa shape index (κ2) is 6.18. The van der Waals surface area contributed by atoms with Crippen LogP contribution in [-0.2, 0) is 9.47 Å². The fourth-order valence-electron chi connectivity index (χ4n) is 3.15. The highest BCUT2D eigenvalue weighted by atomic mass is 16.5. The van der Waals surface area contributed by atoms with Crippen LogP contribution in [0.1, 0.15) is 41.9 Å². The number of aryl methyl sites for hydroxylation is 1. The number of H-pyrrole nitrogens is 1. The minimum absolute atomic E-state index is 0.0139. The number of nitrogens with zero attached hydrogens (tertiary/aromatic N) is 1. The predicted octanol–water partition coefficient (Wildman–Crippen LogP) is 0.536. The standard InChI is InChI=1S/C15H21N3O4/c1-10-16-9-12(13(19)17-10)14(20)18-11-2-5-22-15(8-11)3-6-21-7-4-15/h9,11H,2-8H2,1H3,(H,18,20)(H,16,17,19). The second-order valence-electron chi connectivity index (χ2n) is 6.02. The van der Waals surface area contributed by atoms with Gasteiger partial charge in [-0.1, -0.05) is 0 Å². The van der Waals surface area contributed by atoms with Gasteiger partial charge in [-0.25, -0.2) is 4.98 Å². The van der Waals surface area contributed by atoms with Crippen LogP contribution in [0.5, 0.6) is 0 Å². The lowest BCUT2D eigenvalue weighted by atomic mass is 9.84. The molecule has 2 aliphatic heterocycles. The zero-order valence-electron chi connectivity index (χ0n) is 12.7. The highest BCUT2D eigenvalue weighted by molar-refractivity contribution is 5.93. The van der Waals surface area contributed by atoms with Gasteiger partial charge in [0.1, 0.15) is 11.4 Å². The fraction of sp³-hybridized carbons (Fsp3) is 0.667. The molecule has 3 rings (SSSR count). The highest BCUT2D eigenvalue weighted by Crippen LogP contribution is 2.34. The number of hydrogen-bond donors (Lipinski definition) is 2. The molecule has 7 heteroatoms. The van der Waals surface area contributed by atoms with Crippen molar-refractivity contribution in [3.63, 3.8) is 0 Å². The van der Waals surface area contributed by atoms with E-state index in [1.165, 1.54) is 6.20 Å². The molecule has 0 aliphatic carbocycles. The maximum Gasteiger partial charge on any atom is 0.263 e. The summed E-state index contributed by atoms with van der Waals surface area (Å²) < 4.78 is 11.3. The number of aromatic amines is 1. The third-order valence-electron chi connectivity index (χ3n) is 4.40. The maximum atomic E-state index is 12.3. The van der Waals surface area contributed by atoms with E-state index in [2.05, 4.69) is 15.3 Å². The number of aromatic nitrogens is 2. The number of rotatable bonds is 2. The summed E-state index contributed by atoms with van der Waals surface area (Å²) in [6.07, 6.45) is 4.55. The van der Waals surface area contributed by atoms with Crippen LogP contribution in [0.2, 0.25) is 0 Å². The normalized spacial score (nSPS) is 24.1. The molecule has 0 radical (unpaired) electrons. The van der Waals surface area contributed by atoms with Crippen molar-refractivity contribution in [1.82, 2.24) is 15.3 Å². The lowest BCUT2D eigenvalue weighted by molar-refractivity contribution is -0.139. The molecule has 3 heterocycles. The highest BCUT2D eigenvalue weighted by Gasteiger charge is 2.39. The van der Waals surface area contributed by atoms with Crippen molar-refractivity contribution in [1.29, 1.82) is 0 Å². The van der Waals surface area contributed by atoms with Gasteiger partial charge in [0, 0.05) is 32.1 Å². The first-order valence-corrected chi connectivity index (χ1v) is 7.66. The summed E-state index contributed by atoms with van der Waals surface area (Å²) in [5.41, 5.74) is -0.539. The van der Waals surface area contributed by atoms with Crippen LogP contribution in [0.15, 0.2) is 11.0 Å². The average molecular weight is 307 g/mol. The molecule has 120 valence electrons. The predicted molar refractivity (Wildman–Crippen MR) is 78.8 cm³/mol.